The predicted molar refractivity (Wildman–Crippen MR) is 87.5 cm³/mol. The summed E-state index contributed by atoms with van der Waals surface area (Å²) in [6, 6.07) is 3.51. The Hall–Kier alpha value is -1.67. The monoisotopic (exact) mass is 357 g/mol. The molecule has 1 saturated heterocycles. The van der Waals surface area contributed by atoms with E-state index in [9.17, 15) is 13.2 Å². The van der Waals surface area contributed by atoms with E-state index in [0.717, 1.165) is 0 Å². The third-order valence-electron chi connectivity index (χ3n) is 4.07. The van der Waals surface area contributed by atoms with Gasteiger partial charge in [0, 0.05) is 19.4 Å². The van der Waals surface area contributed by atoms with Gasteiger partial charge in [-0.25, -0.2) is 8.42 Å². The Morgan fingerprint density at radius 1 is 1.38 bits per heavy atom. The number of pyridine rings is 1. The maximum absolute atomic E-state index is 12.4. The zero-order valence-corrected chi connectivity index (χ0v) is 14.6. The van der Waals surface area contributed by atoms with E-state index < -0.39 is 21.2 Å². The molecule has 0 atom stereocenters. The quantitative estimate of drug-likeness (QED) is 0.510. The van der Waals surface area contributed by atoms with Crippen molar-refractivity contribution in [2.24, 2.45) is 5.41 Å². The summed E-state index contributed by atoms with van der Waals surface area (Å²) in [5, 5.41) is 0. The summed E-state index contributed by atoms with van der Waals surface area (Å²) >= 11 is 0. The Bertz CT molecular complexity index is 625. The molecule has 0 radical (unpaired) electrons. The van der Waals surface area contributed by atoms with Crippen LogP contribution in [0.2, 0.25) is 0 Å². The van der Waals surface area contributed by atoms with Crippen molar-refractivity contribution in [1.29, 1.82) is 0 Å². The predicted octanol–water partition coefficient (Wildman–Crippen LogP) is 1.24. The summed E-state index contributed by atoms with van der Waals surface area (Å²) < 4.78 is 40.4. The first-order valence-electron chi connectivity index (χ1n) is 7.87. The lowest BCUT2D eigenvalue weighted by Gasteiger charge is -2.33. The Labute approximate surface area is 142 Å². The fourth-order valence-electron chi connectivity index (χ4n) is 2.78. The van der Waals surface area contributed by atoms with Gasteiger partial charge >= 0.3 is 5.97 Å². The van der Waals surface area contributed by atoms with Crippen LogP contribution in [0.3, 0.4) is 0 Å². The highest BCUT2D eigenvalue weighted by Gasteiger charge is 2.44. The normalized spacial score (nSPS) is 17.2. The van der Waals surface area contributed by atoms with E-state index in [1.54, 1.807) is 24.5 Å². The smallest absolute Gasteiger partial charge is 0.313 e. The number of hydrogen-bond acceptors (Lipinski definition) is 7. The average molecular weight is 357 g/mol. The van der Waals surface area contributed by atoms with E-state index in [2.05, 4.69) is 4.98 Å². The van der Waals surface area contributed by atoms with Gasteiger partial charge in [0.25, 0.3) is 0 Å². The molecule has 0 amide bonds. The summed E-state index contributed by atoms with van der Waals surface area (Å²) in [6.07, 6.45) is 4.29. The Kier molecular flexibility index (Phi) is 6.56. The summed E-state index contributed by atoms with van der Waals surface area (Å²) in [5.41, 5.74) is -0.990. The molecule has 0 unspecified atom stereocenters. The molecule has 8 heteroatoms. The van der Waals surface area contributed by atoms with E-state index in [4.69, 9.17) is 14.2 Å². The van der Waals surface area contributed by atoms with Crippen LogP contribution in [0.25, 0.3) is 0 Å². The number of methoxy groups -OCH3 is 1. The standard InChI is InChI=1S/C16H23NO6S/c1-21-15(18)16(5-9-22-10-6-16)13-24(19,20)11-3-8-23-14-4-2-7-17-12-14/h2,4,7,12H,3,5-6,8-11,13H2,1H3. The fourth-order valence-corrected chi connectivity index (χ4v) is 4.73. The van der Waals surface area contributed by atoms with Crippen LogP contribution in [-0.2, 0) is 24.1 Å². The van der Waals surface area contributed by atoms with Crippen LogP contribution in [0, 0.1) is 5.41 Å². The molecule has 1 aromatic heterocycles. The second kappa shape index (κ2) is 8.43. The van der Waals surface area contributed by atoms with Crippen LogP contribution in [0.1, 0.15) is 19.3 Å². The van der Waals surface area contributed by atoms with Gasteiger partial charge in [-0.2, -0.15) is 0 Å². The van der Waals surface area contributed by atoms with E-state index >= 15 is 0 Å². The zero-order valence-electron chi connectivity index (χ0n) is 13.8. The molecular formula is C16H23NO6S. The molecular weight excluding hydrogens is 334 g/mol. The molecule has 0 bridgehead atoms. The van der Waals surface area contributed by atoms with Gasteiger partial charge in [-0.3, -0.25) is 9.78 Å². The summed E-state index contributed by atoms with van der Waals surface area (Å²) in [7, 11) is -2.12. The lowest BCUT2D eigenvalue weighted by Crippen LogP contribution is -2.44. The summed E-state index contributed by atoms with van der Waals surface area (Å²) in [4.78, 5) is 16.0. The number of ether oxygens (including phenoxy) is 3. The van der Waals surface area contributed by atoms with E-state index in [1.165, 1.54) is 7.11 Å². The van der Waals surface area contributed by atoms with Crippen molar-refractivity contribution in [2.75, 3.05) is 38.4 Å². The van der Waals surface area contributed by atoms with Crippen molar-refractivity contribution in [2.45, 2.75) is 19.3 Å². The molecule has 2 heterocycles. The third-order valence-corrected chi connectivity index (χ3v) is 5.97. The molecule has 1 fully saturated rings. The molecule has 1 aromatic rings. The van der Waals surface area contributed by atoms with Gasteiger partial charge in [0.05, 0.1) is 36.8 Å². The summed E-state index contributed by atoms with van der Waals surface area (Å²) in [6.45, 7) is 1.02. The minimum Gasteiger partial charge on any atom is -0.492 e. The highest BCUT2D eigenvalue weighted by Crippen LogP contribution is 2.34. The lowest BCUT2D eigenvalue weighted by atomic mass is 9.82. The van der Waals surface area contributed by atoms with Crippen molar-refractivity contribution >= 4 is 15.8 Å². The first-order valence-corrected chi connectivity index (χ1v) is 9.69. The molecule has 0 saturated carbocycles. The largest absolute Gasteiger partial charge is 0.492 e. The van der Waals surface area contributed by atoms with Gasteiger partial charge in [0.1, 0.15) is 5.75 Å². The molecule has 2 rings (SSSR count). The maximum atomic E-state index is 12.4. The number of rotatable bonds is 8. The minimum absolute atomic E-state index is 0.0349. The van der Waals surface area contributed by atoms with Gasteiger partial charge in [-0.1, -0.05) is 0 Å². The first kappa shape index (κ1) is 18.7. The van der Waals surface area contributed by atoms with Crippen molar-refractivity contribution < 1.29 is 27.4 Å². The van der Waals surface area contributed by atoms with E-state index in [1.807, 2.05) is 0 Å². The molecule has 24 heavy (non-hydrogen) atoms. The first-order chi connectivity index (χ1) is 11.5. The molecule has 134 valence electrons. The molecule has 1 aliphatic rings. The number of carbonyl (C=O) groups excluding carboxylic acids is 1. The minimum atomic E-state index is -3.40. The average Bonchev–Trinajstić information content (AvgIpc) is 2.59. The molecule has 0 aliphatic carbocycles. The van der Waals surface area contributed by atoms with Crippen molar-refractivity contribution in [3.63, 3.8) is 0 Å². The van der Waals surface area contributed by atoms with Gasteiger partial charge < -0.3 is 14.2 Å². The van der Waals surface area contributed by atoms with Crippen LogP contribution in [0.15, 0.2) is 24.5 Å². The van der Waals surface area contributed by atoms with Crippen molar-refractivity contribution in [3.8, 4) is 5.75 Å². The molecule has 0 aromatic carbocycles. The number of hydrogen-bond donors (Lipinski definition) is 0. The van der Waals surface area contributed by atoms with Gasteiger partial charge in [0.2, 0.25) is 0 Å². The highest BCUT2D eigenvalue weighted by atomic mass is 32.2. The van der Waals surface area contributed by atoms with Crippen LogP contribution >= 0.6 is 0 Å². The lowest BCUT2D eigenvalue weighted by molar-refractivity contribution is -0.156. The number of sulfone groups is 1. The Morgan fingerprint density at radius 3 is 2.75 bits per heavy atom. The van der Waals surface area contributed by atoms with Crippen LogP contribution < -0.4 is 4.74 Å². The van der Waals surface area contributed by atoms with E-state index in [0.29, 0.717) is 38.2 Å². The number of carbonyl (C=O) groups is 1. The van der Waals surface area contributed by atoms with Gasteiger partial charge in [-0.05, 0) is 31.4 Å². The molecule has 0 N–H and O–H groups in total. The van der Waals surface area contributed by atoms with Crippen molar-refractivity contribution in [1.82, 2.24) is 4.98 Å². The Balaban J connectivity index is 1.88. The SMILES string of the molecule is COC(=O)C1(CS(=O)(=O)CCCOc2cccnc2)CCOCC1. The number of aromatic nitrogens is 1. The second-order valence-electron chi connectivity index (χ2n) is 5.87. The van der Waals surface area contributed by atoms with Gasteiger partial charge in [-0.15, -0.1) is 0 Å². The second-order valence-corrected chi connectivity index (χ2v) is 8.05. The number of nitrogens with zero attached hydrogens (tertiary/aromatic N) is 1. The highest BCUT2D eigenvalue weighted by molar-refractivity contribution is 7.91. The molecule has 7 nitrogen and oxygen atoms in total. The van der Waals surface area contributed by atoms with Crippen LogP contribution in [0.5, 0.6) is 5.75 Å². The third kappa shape index (κ3) is 5.17. The molecule has 1 aliphatic heterocycles. The maximum Gasteiger partial charge on any atom is 0.313 e. The fraction of sp³-hybridized carbons (Fsp3) is 0.625. The topological polar surface area (TPSA) is 91.8 Å². The van der Waals surface area contributed by atoms with E-state index in [-0.39, 0.29) is 18.1 Å². The molecule has 0 spiro atoms. The van der Waals surface area contributed by atoms with Gasteiger partial charge in [0.15, 0.2) is 9.84 Å². The summed E-state index contributed by atoms with van der Waals surface area (Å²) in [5.74, 6) is -0.109. The van der Waals surface area contributed by atoms with Crippen molar-refractivity contribution in [3.05, 3.63) is 24.5 Å². The number of esters is 1. The van der Waals surface area contributed by atoms with Crippen LogP contribution in [0.4, 0.5) is 0 Å². The Morgan fingerprint density at radius 2 is 2.12 bits per heavy atom. The zero-order chi connectivity index (χ0) is 17.5. The van der Waals surface area contributed by atoms with Crippen LogP contribution in [-0.4, -0.2) is 57.8 Å².